The highest BCUT2D eigenvalue weighted by Crippen LogP contribution is 2.23. The molecule has 0 aliphatic carbocycles. The molecule has 1 heterocycles. The molecule has 0 saturated carbocycles. The van der Waals surface area contributed by atoms with Crippen molar-refractivity contribution in [2.75, 3.05) is 19.5 Å². The van der Waals surface area contributed by atoms with E-state index in [1.54, 1.807) is 26.0 Å². The van der Waals surface area contributed by atoms with Gasteiger partial charge in [-0.2, -0.15) is 4.98 Å². The Morgan fingerprint density at radius 3 is 2.35 bits per heavy atom. The number of amides is 1. The molecule has 2 aromatic rings. The van der Waals surface area contributed by atoms with Gasteiger partial charge >= 0.3 is 6.01 Å². The third-order valence-corrected chi connectivity index (χ3v) is 5.79. The Hall–Kier alpha value is -2.68. The highest BCUT2D eigenvalue weighted by atomic mass is 32.2. The monoisotopic (exact) mass is 379 g/mol. The van der Waals surface area contributed by atoms with Crippen molar-refractivity contribution in [3.8, 4) is 11.9 Å². The molecule has 0 aliphatic heterocycles. The van der Waals surface area contributed by atoms with Gasteiger partial charge in [0.2, 0.25) is 11.8 Å². The van der Waals surface area contributed by atoms with Crippen LogP contribution in [0.1, 0.15) is 19.4 Å². The average molecular weight is 379 g/mol. The Balaban J connectivity index is 2.09. The molecule has 9 heteroatoms. The molecule has 0 bridgehead atoms. The van der Waals surface area contributed by atoms with E-state index in [9.17, 15) is 13.2 Å². The molecule has 0 radical (unpaired) electrons. The lowest BCUT2D eigenvalue weighted by molar-refractivity contribution is -0.115. The van der Waals surface area contributed by atoms with Gasteiger partial charge < -0.3 is 14.8 Å². The third-order valence-electron chi connectivity index (χ3n) is 3.62. The van der Waals surface area contributed by atoms with Crippen LogP contribution in [0.3, 0.4) is 0 Å². The Morgan fingerprint density at radius 1 is 1.15 bits per heavy atom. The highest BCUT2D eigenvalue weighted by Gasteiger charge is 2.19. The van der Waals surface area contributed by atoms with Crippen LogP contribution in [0.2, 0.25) is 0 Å². The van der Waals surface area contributed by atoms with Crippen LogP contribution in [0.5, 0.6) is 11.9 Å². The molecule has 8 nitrogen and oxygen atoms in total. The number of ether oxygens (including phenoxy) is 2. The Morgan fingerprint density at radius 2 is 1.81 bits per heavy atom. The molecule has 2 rings (SSSR count). The van der Waals surface area contributed by atoms with Gasteiger partial charge in [0.15, 0.2) is 9.84 Å². The number of benzene rings is 1. The number of nitrogens with one attached hydrogen (secondary N) is 1. The minimum absolute atomic E-state index is 0.0667. The van der Waals surface area contributed by atoms with Crippen LogP contribution >= 0.6 is 0 Å². The normalized spacial score (nSPS) is 11.3. The van der Waals surface area contributed by atoms with Crippen LogP contribution in [0.15, 0.2) is 35.4 Å². The topological polar surface area (TPSA) is 107 Å². The maximum absolute atomic E-state index is 12.2. The Bertz CT molecular complexity index is 880. The van der Waals surface area contributed by atoms with Crippen molar-refractivity contribution in [1.82, 2.24) is 9.97 Å². The summed E-state index contributed by atoms with van der Waals surface area (Å²) in [4.78, 5) is 20.4. The van der Waals surface area contributed by atoms with Crippen LogP contribution in [0.4, 0.5) is 5.69 Å². The van der Waals surface area contributed by atoms with Crippen molar-refractivity contribution in [1.29, 1.82) is 0 Å². The highest BCUT2D eigenvalue weighted by molar-refractivity contribution is 7.92. The second-order valence-corrected chi connectivity index (χ2v) is 8.25. The molecule has 0 fully saturated rings. The number of carbonyl (C=O) groups excluding carboxylic acids is 1. The van der Waals surface area contributed by atoms with E-state index in [0.717, 1.165) is 0 Å². The number of carbonyl (C=O) groups is 1. The fourth-order valence-corrected chi connectivity index (χ4v) is 3.20. The van der Waals surface area contributed by atoms with Gasteiger partial charge in [-0.1, -0.05) is 12.1 Å². The van der Waals surface area contributed by atoms with Crippen molar-refractivity contribution >= 4 is 21.4 Å². The second kappa shape index (κ2) is 8.13. The van der Waals surface area contributed by atoms with Crippen LogP contribution in [0.25, 0.3) is 0 Å². The van der Waals surface area contributed by atoms with E-state index in [2.05, 4.69) is 15.3 Å². The summed E-state index contributed by atoms with van der Waals surface area (Å²) in [6.07, 6.45) is 1.46. The summed E-state index contributed by atoms with van der Waals surface area (Å²) in [6.45, 7) is 3.25. The van der Waals surface area contributed by atoms with Gasteiger partial charge in [-0.15, -0.1) is 0 Å². The number of sulfone groups is 1. The molecular formula is C17H21N3O5S. The lowest BCUT2D eigenvalue weighted by atomic mass is 10.1. The van der Waals surface area contributed by atoms with Gasteiger partial charge in [0.05, 0.1) is 37.0 Å². The van der Waals surface area contributed by atoms with Crippen molar-refractivity contribution in [3.05, 3.63) is 36.0 Å². The van der Waals surface area contributed by atoms with E-state index < -0.39 is 15.1 Å². The maximum atomic E-state index is 12.2. The molecule has 0 atom stereocenters. The summed E-state index contributed by atoms with van der Waals surface area (Å²) in [6, 6.07) is 6.39. The molecular weight excluding hydrogens is 358 g/mol. The van der Waals surface area contributed by atoms with Crippen LogP contribution < -0.4 is 14.8 Å². The Labute approximate surface area is 152 Å². The molecule has 1 aromatic carbocycles. The first-order valence-electron chi connectivity index (χ1n) is 7.85. The van der Waals surface area contributed by atoms with Gasteiger partial charge in [0.25, 0.3) is 0 Å². The zero-order valence-corrected chi connectivity index (χ0v) is 15.8. The van der Waals surface area contributed by atoms with Gasteiger partial charge in [-0.3, -0.25) is 4.79 Å². The number of anilines is 1. The van der Waals surface area contributed by atoms with Crippen molar-refractivity contribution in [2.24, 2.45) is 0 Å². The van der Waals surface area contributed by atoms with E-state index in [4.69, 9.17) is 9.47 Å². The van der Waals surface area contributed by atoms with E-state index >= 15 is 0 Å². The molecule has 0 saturated heterocycles. The number of hydrogen-bond acceptors (Lipinski definition) is 7. The van der Waals surface area contributed by atoms with Crippen molar-refractivity contribution < 1.29 is 22.7 Å². The Kier molecular flexibility index (Phi) is 6.14. The smallest absolute Gasteiger partial charge is 0.319 e. The molecule has 0 aliphatic rings. The summed E-state index contributed by atoms with van der Waals surface area (Å²) < 4.78 is 34.2. The zero-order chi connectivity index (χ0) is 19.3. The van der Waals surface area contributed by atoms with E-state index in [1.165, 1.54) is 32.5 Å². The van der Waals surface area contributed by atoms with Gasteiger partial charge in [0, 0.05) is 0 Å². The van der Waals surface area contributed by atoms with E-state index in [0.29, 0.717) is 11.3 Å². The summed E-state index contributed by atoms with van der Waals surface area (Å²) in [7, 11) is -0.483. The fourth-order valence-electron chi connectivity index (χ4n) is 2.14. The van der Waals surface area contributed by atoms with E-state index in [-0.39, 0.29) is 29.1 Å². The molecule has 1 amide bonds. The number of rotatable bonds is 7. The number of hydrogen-bond donors (Lipinski definition) is 1. The molecule has 0 spiro atoms. The van der Waals surface area contributed by atoms with Gasteiger partial charge in [-0.05, 0) is 31.5 Å². The number of aromatic nitrogens is 2. The lowest BCUT2D eigenvalue weighted by Crippen LogP contribution is -2.16. The van der Waals surface area contributed by atoms with E-state index in [1.807, 2.05) is 0 Å². The number of nitrogens with zero attached hydrogens (tertiary/aromatic N) is 2. The molecule has 1 N–H and O–H groups in total. The average Bonchev–Trinajstić information content (AvgIpc) is 2.62. The summed E-state index contributed by atoms with van der Waals surface area (Å²) in [5.74, 6) is -0.125. The van der Waals surface area contributed by atoms with Crippen LogP contribution in [-0.2, 0) is 21.1 Å². The fraction of sp³-hybridized carbons (Fsp3) is 0.353. The zero-order valence-electron chi connectivity index (χ0n) is 15.0. The SMILES string of the molecule is COc1ncc(NC(=O)Cc2ccc(S(=O)(=O)C(C)C)cc2)c(OC)n1. The first-order valence-corrected chi connectivity index (χ1v) is 9.40. The van der Waals surface area contributed by atoms with Crippen LogP contribution in [-0.4, -0.2) is 43.8 Å². The molecule has 26 heavy (non-hydrogen) atoms. The standard InChI is InChI=1S/C17H21N3O5S/c1-11(2)26(22,23)13-7-5-12(6-8-13)9-15(21)19-14-10-18-17(25-4)20-16(14)24-3/h5-8,10-11H,9H2,1-4H3,(H,19,21). The number of methoxy groups -OCH3 is 2. The minimum Gasteiger partial charge on any atom is -0.479 e. The first-order chi connectivity index (χ1) is 12.3. The third kappa shape index (κ3) is 4.48. The lowest BCUT2D eigenvalue weighted by Gasteiger charge is -2.10. The second-order valence-electron chi connectivity index (χ2n) is 5.74. The molecule has 1 aromatic heterocycles. The van der Waals surface area contributed by atoms with Crippen molar-refractivity contribution in [2.45, 2.75) is 30.4 Å². The maximum Gasteiger partial charge on any atom is 0.319 e. The summed E-state index contributed by atoms with van der Waals surface area (Å²) in [5, 5.41) is 2.16. The van der Waals surface area contributed by atoms with Gasteiger partial charge in [-0.25, -0.2) is 13.4 Å². The summed E-state index contributed by atoms with van der Waals surface area (Å²) >= 11 is 0. The predicted molar refractivity (Wildman–Crippen MR) is 96.2 cm³/mol. The minimum atomic E-state index is -3.33. The quantitative estimate of drug-likeness (QED) is 0.782. The molecule has 0 unspecified atom stereocenters. The predicted octanol–water partition coefficient (Wildman–Crippen LogP) is 1.86. The van der Waals surface area contributed by atoms with Gasteiger partial charge in [0.1, 0.15) is 5.69 Å². The summed E-state index contributed by atoms with van der Waals surface area (Å²) in [5.41, 5.74) is 0.996. The first kappa shape index (κ1) is 19.6. The molecule has 140 valence electrons. The van der Waals surface area contributed by atoms with Crippen molar-refractivity contribution in [3.63, 3.8) is 0 Å². The largest absolute Gasteiger partial charge is 0.479 e. The van der Waals surface area contributed by atoms with Crippen LogP contribution in [0, 0.1) is 0 Å².